The number of carbonyl (C=O) groups excluding carboxylic acids is 1. The van der Waals surface area contributed by atoms with Crippen LogP contribution >= 0.6 is 11.3 Å². The SMILES string of the molecule is Cn1c(C=N)c(NCC(=O)Nc2nc(-c3cc(F)c(OCC4CCC4)c(F)c3)cs2)c(=O)n(C)c1=O. The molecule has 2 aromatic heterocycles. The Balaban J connectivity index is 1.42. The Morgan fingerprint density at radius 3 is 2.56 bits per heavy atom. The molecule has 1 aliphatic carbocycles. The van der Waals surface area contributed by atoms with Crippen molar-refractivity contribution >= 4 is 34.3 Å². The Kier molecular flexibility index (Phi) is 7.29. The predicted octanol–water partition coefficient (Wildman–Crippen LogP) is 2.71. The lowest BCUT2D eigenvalue weighted by Crippen LogP contribution is -2.41. The number of carbonyl (C=O) groups is 1. The fourth-order valence-electron chi connectivity index (χ4n) is 3.70. The molecule has 1 fully saturated rings. The summed E-state index contributed by atoms with van der Waals surface area (Å²) in [6.07, 6.45) is 3.94. The average molecular weight is 519 g/mol. The number of hydrogen-bond acceptors (Lipinski definition) is 8. The standard InChI is InChI=1S/C23H24F2N6O4S/c1-30-17(8-26)19(21(33)31(2)23(30)34)27-9-18(32)29-22-28-16(11-36-22)13-6-14(24)20(15(25)7-13)35-10-12-4-3-5-12/h6-8,11-12,26-27H,3-5,9-10H2,1-2H3,(H,28,29,32). The number of thiazole rings is 1. The number of aromatic nitrogens is 3. The Morgan fingerprint density at radius 1 is 1.25 bits per heavy atom. The lowest BCUT2D eigenvalue weighted by molar-refractivity contribution is -0.114. The Hall–Kier alpha value is -3.87. The Labute approximate surface area is 208 Å². The number of rotatable bonds is 9. The van der Waals surface area contributed by atoms with Gasteiger partial charge in [-0.15, -0.1) is 11.3 Å². The first-order valence-electron chi connectivity index (χ1n) is 11.1. The highest BCUT2D eigenvalue weighted by atomic mass is 32.1. The van der Waals surface area contributed by atoms with Gasteiger partial charge in [0.1, 0.15) is 5.69 Å². The van der Waals surface area contributed by atoms with Gasteiger partial charge in [0.2, 0.25) is 5.91 Å². The molecular formula is C23H24F2N6O4S. The highest BCUT2D eigenvalue weighted by Gasteiger charge is 2.21. The van der Waals surface area contributed by atoms with Crippen LogP contribution in [0.3, 0.4) is 0 Å². The van der Waals surface area contributed by atoms with E-state index in [0.717, 1.165) is 58.1 Å². The molecule has 0 bridgehead atoms. The van der Waals surface area contributed by atoms with E-state index >= 15 is 0 Å². The van der Waals surface area contributed by atoms with Crippen molar-refractivity contribution in [3.8, 4) is 17.0 Å². The first kappa shape index (κ1) is 25.2. The van der Waals surface area contributed by atoms with E-state index in [4.69, 9.17) is 10.1 Å². The summed E-state index contributed by atoms with van der Waals surface area (Å²) < 4.78 is 36.3. The second-order valence-corrected chi connectivity index (χ2v) is 9.29. The van der Waals surface area contributed by atoms with Crippen molar-refractivity contribution in [3.63, 3.8) is 0 Å². The molecule has 13 heteroatoms. The smallest absolute Gasteiger partial charge is 0.331 e. The molecule has 1 aliphatic rings. The monoisotopic (exact) mass is 518 g/mol. The summed E-state index contributed by atoms with van der Waals surface area (Å²) in [5, 5.41) is 14.4. The molecule has 1 saturated carbocycles. The molecule has 36 heavy (non-hydrogen) atoms. The average Bonchev–Trinajstić information content (AvgIpc) is 3.28. The number of ether oxygens (including phenoxy) is 1. The summed E-state index contributed by atoms with van der Waals surface area (Å²) in [4.78, 5) is 41.0. The molecule has 10 nitrogen and oxygen atoms in total. The van der Waals surface area contributed by atoms with Gasteiger partial charge in [-0.25, -0.2) is 18.6 Å². The molecule has 1 amide bonds. The van der Waals surface area contributed by atoms with E-state index in [2.05, 4.69) is 15.6 Å². The number of hydrogen-bond donors (Lipinski definition) is 3. The van der Waals surface area contributed by atoms with E-state index in [1.54, 1.807) is 5.38 Å². The molecule has 190 valence electrons. The van der Waals surface area contributed by atoms with Crippen LogP contribution in [0, 0.1) is 23.0 Å². The van der Waals surface area contributed by atoms with Crippen LogP contribution in [0.5, 0.6) is 5.75 Å². The third-order valence-corrected chi connectivity index (χ3v) is 6.76. The molecule has 1 aromatic carbocycles. The number of nitrogens with zero attached hydrogens (tertiary/aromatic N) is 3. The molecule has 4 rings (SSSR count). The van der Waals surface area contributed by atoms with E-state index in [-0.39, 0.29) is 40.9 Å². The Bertz CT molecular complexity index is 1420. The molecule has 3 N–H and O–H groups in total. The molecule has 0 radical (unpaired) electrons. The summed E-state index contributed by atoms with van der Waals surface area (Å²) in [5.41, 5.74) is -0.865. The van der Waals surface area contributed by atoms with Crippen LogP contribution in [0.15, 0.2) is 27.1 Å². The van der Waals surface area contributed by atoms with Crippen molar-refractivity contribution in [1.29, 1.82) is 5.41 Å². The van der Waals surface area contributed by atoms with Crippen molar-refractivity contribution in [2.75, 3.05) is 23.8 Å². The highest BCUT2D eigenvalue weighted by Crippen LogP contribution is 2.33. The van der Waals surface area contributed by atoms with E-state index < -0.39 is 34.5 Å². The number of benzene rings is 1. The fraction of sp³-hybridized carbons (Fsp3) is 0.348. The van der Waals surface area contributed by atoms with Gasteiger partial charge in [-0.2, -0.15) is 0 Å². The zero-order valence-corrected chi connectivity index (χ0v) is 20.4. The van der Waals surface area contributed by atoms with Crippen LogP contribution in [0.4, 0.5) is 19.6 Å². The molecule has 2 heterocycles. The van der Waals surface area contributed by atoms with Gasteiger partial charge in [0, 0.05) is 31.3 Å². The van der Waals surface area contributed by atoms with E-state index in [0.29, 0.717) is 5.92 Å². The molecule has 0 saturated heterocycles. The van der Waals surface area contributed by atoms with Gasteiger partial charge in [0.15, 0.2) is 22.5 Å². The summed E-state index contributed by atoms with van der Waals surface area (Å²) in [6, 6.07) is 2.27. The number of amides is 1. The van der Waals surface area contributed by atoms with Crippen molar-refractivity contribution in [2.24, 2.45) is 20.0 Å². The maximum absolute atomic E-state index is 14.5. The second kappa shape index (κ2) is 10.4. The minimum absolute atomic E-state index is 0.0246. The first-order valence-corrected chi connectivity index (χ1v) is 12.0. The van der Waals surface area contributed by atoms with Crippen LogP contribution in [-0.4, -0.2) is 39.4 Å². The minimum Gasteiger partial charge on any atom is -0.487 e. The van der Waals surface area contributed by atoms with Crippen molar-refractivity contribution in [2.45, 2.75) is 19.3 Å². The first-order chi connectivity index (χ1) is 17.2. The van der Waals surface area contributed by atoms with Crippen molar-refractivity contribution in [3.05, 3.63) is 55.7 Å². The molecule has 0 unspecified atom stereocenters. The van der Waals surface area contributed by atoms with Gasteiger partial charge in [-0.05, 0) is 30.9 Å². The largest absolute Gasteiger partial charge is 0.487 e. The van der Waals surface area contributed by atoms with Crippen LogP contribution in [-0.2, 0) is 18.9 Å². The lowest BCUT2D eigenvalue weighted by atomic mass is 9.86. The van der Waals surface area contributed by atoms with E-state index in [1.807, 2.05) is 0 Å². The molecule has 0 aliphatic heterocycles. The van der Waals surface area contributed by atoms with Gasteiger partial charge >= 0.3 is 5.69 Å². The Morgan fingerprint density at radius 2 is 1.94 bits per heavy atom. The normalized spacial score (nSPS) is 13.2. The van der Waals surface area contributed by atoms with Gasteiger partial charge in [0.25, 0.3) is 5.56 Å². The quantitative estimate of drug-likeness (QED) is 0.374. The summed E-state index contributed by atoms with van der Waals surface area (Å²) in [7, 11) is 2.70. The number of anilines is 2. The number of halogens is 2. The van der Waals surface area contributed by atoms with Crippen LogP contribution in [0.25, 0.3) is 11.3 Å². The fourth-order valence-corrected chi connectivity index (χ4v) is 4.43. The lowest BCUT2D eigenvalue weighted by Gasteiger charge is -2.25. The maximum Gasteiger partial charge on any atom is 0.331 e. The number of nitrogens with one attached hydrogen (secondary N) is 3. The zero-order chi connectivity index (χ0) is 26.0. The van der Waals surface area contributed by atoms with E-state index in [1.165, 1.54) is 14.1 Å². The highest BCUT2D eigenvalue weighted by molar-refractivity contribution is 7.14. The molecule has 0 atom stereocenters. The molecule has 0 spiro atoms. The topological polar surface area (TPSA) is 131 Å². The van der Waals surface area contributed by atoms with Gasteiger partial charge in [-0.1, -0.05) is 6.42 Å². The third-order valence-electron chi connectivity index (χ3n) is 6.00. The summed E-state index contributed by atoms with van der Waals surface area (Å²) in [6.45, 7) is -0.0692. The van der Waals surface area contributed by atoms with Crippen LogP contribution in [0.1, 0.15) is 25.0 Å². The summed E-state index contributed by atoms with van der Waals surface area (Å²) >= 11 is 1.06. The van der Waals surface area contributed by atoms with Crippen molar-refractivity contribution in [1.82, 2.24) is 14.1 Å². The zero-order valence-electron chi connectivity index (χ0n) is 19.6. The van der Waals surface area contributed by atoms with Crippen LogP contribution in [0.2, 0.25) is 0 Å². The van der Waals surface area contributed by atoms with Crippen LogP contribution < -0.4 is 26.6 Å². The molecular weight excluding hydrogens is 494 g/mol. The third kappa shape index (κ3) is 5.05. The van der Waals surface area contributed by atoms with Gasteiger partial charge in [0.05, 0.1) is 24.5 Å². The second-order valence-electron chi connectivity index (χ2n) is 8.43. The predicted molar refractivity (Wildman–Crippen MR) is 132 cm³/mol. The molecule has 3 aromatic rings. The summed E-state index contributed by atoms with van der Waals surface area (Å²) in [5.74, 6) is -2.29. The van der Waals surface area contributed by atoms with Gasteiger partial charge < -0.3 is 20.8 Å². The minimum atomic E-state index is -0.826. The van der Waals surface area contributed by atoms with Crippen molar-refractivity contribution < 1.29 is 18.3 Å². The van der Waals surface area contributed by atoms with Gasteiger partial charge in [-0.3, -0.25) is 18.7 Å². The van der Waals surface area contributed by atoms with E-state index in [9.17, 15) is 23.2 Å². The maximum atomic E-state index is 14.5.